The average molecular weight is 351 g/mol. The number of rotatable bonds is 5. The van der Waals surface area contributed by atoms with Crippen molar-refractivity contribution in [3.63, 3.8) is 0 Å². The van der Waals surface area contributed by atoms with Gasteiger partial charge in [-0.05, 0) is 18.9 Å². The number of carbonyl (C=O) groups is 2. The third-order valence-electron chi connectivity index (χ3n) is 4.20. The second-order valence-corrected chi connectivity index (χ2v) is 6.69. The Hall–Kier alpha value is -2.47. The van der Waals surface area contributed by atoms with Gasteiger partial charge in [0, 0.05) is 13.1 Å². The van der Waals surface area contributed by atoms with Crippen LogP contribution in [0.3, 0.4) is 0 Å². The van der Waals surface area contributed by atoms with Crippen molar-refractivity contribution in [2.24, 2.45) is 0 Å². The van der Waals surface area contributed by atoms with Gasteiger partial charge < -0.3 is 9.64 Å². The first-order chi connectivity index (χ1) is 11.4. The van der Waals surface area contributed by atoms with Crippen LogP contribution in [-0.2, 0) is 9.53 Å². The average Bonchev–Trinajstić information content (AvgIpc) is 3.09. The monoisotopic (exact) mass is 351 g/mol. The summed E-state index contributed by atoms with van der Waals surface area (Å²) in [4.78, 5) is 35.5. The van der Waals surface area contributed by atoms with Crippen molar-refractivity contribution in [2.75, 3.05) is 13.7 Å². The van der Waals surface area contributed by atoms with Gasteiger partial charge in [-0.25, -0.2) is 4.79 Å². The van der Waals surface area contributed by atoms with E-state index < -0.39 is 28.9 Å². The molecule has 0 saturated heterocycles. The minimum absolute atomic E-state index is 0.0600. The molecule has 0 spiro atoms. The van der Waals surface area contributed by atoms with Crippen LogP contribution in [-0.4, -0.2) is 40.9 Å². The molecular formula is C15H17N3O5S. The summed E-state index contributed by atoms with van der Waals surface area (Å²) < 4.78 is 4.93. The van der Waals surface area contributed by atoms with Gasteiger partial charge in [0.2, 0.25) is 0 Å². The van der Waals surface area contributed by atoms with E-state index in [1.807, 2.05) is 0 Å². The highest BCUT2D eigenvalue weighted by Crippen LogP contribution is 2.32. The van der Waals surface area contributed by atoms with Gasteiger partial charge in [0.05, 0.1) is 11.0 Å². The number of hydrogen-bond donors (Lipinski definition) is 0. The van der Waals surface area contributed by atoms with Gasteiger partial charge in [-0.15, -0.1) is 0 Å². The van der Waals surface area contributed by atoms with Gasteiger partial charge in [-0.2, -0.15) is 5.26 Å². The number of ether oxygens (including phenoxy) is 1. The van der Waals surface area contributed by atoms with E-state index in [1.165, 1.54) is 17.0 Å². The van der Waals surface area contributed by atoms with Crippen LogP contribution in [0.1, 0.15) is 41.8 Å². The fraction of sp³-hybridized carbons (Fsp3) is 0.533. The maximum absolute atomic E-state index is 12.2. The summed E-state index contributed by atoms with van der Waals surface area (Å²) in [5, 5.41) is 19.9. The topological polar surface area (TPSA) is 114 Å². The molecule has 0 unspecified atom stereocenters. The fourth-order valence-corrected chi connectivity index (χ4v) is 3.44. The Bertz CT molecular complexity index is 688. The molecule has 8 nitrogen and oxygen atoms in total. The third-order valence-corrected chi connectivity index (χ3v) is 5.22. The molecule has 128 valence electrons. The highest BCUT2D eigenvalue weighted by Gasteiger charge is 2.39. The Morgan fingerprint density at radius 3 is 2.62 bits per heavy atom. The van der Waals surface area contributed by atoms with E-state index in [0.29, 0.717) is 24.2 Å². The van der Waals surface area contributed by atoms with E-state index in [2.05, 4.69) is 6.07 Å². The summed E-state index contributed by atoms with van der Waals surface area (Å²) in [5.74, 6) is -1.25. The SMILES string of the molecule is CN(C(=O)COC(=O)c1ccc([N+](=O)[O-])s1)C1(C#N)CCCCC1. The van der Waals surface area contributed by atoms with Crippen LogP contribution in [0.4, 0.5) is 5.00 Å². The summed E-state index contributed by atoms with van der Waals surface area (Å²) in [6, 6.07) is 4.72. The summed E-state index contributed by atoms with van der Waals surface area (Å²) in [7, 11) is 1.54. The minimum Gasteiger partial charge on any atom is -0.451 e. The molecule has 1 aliphatic rings. The Morgan fingerprint density at radius 1 is 1.42 bits per heavy atom. The number of carbonyl (C=O) groups excluding carboxylic acids is 2. The molecule has 0 aromatic carbocycles. The van der Waals surface area contributed by atoms with Crippen molar-refractivity contribution in [2.45, 2.75) is 37.6 Å². The summed E-state index contributed by atoms with van der Waals surface area (Å²) in [6.45, 7) is -0.496. The second-order valence-electron chi connectivity index (χ2n) is 5.63. The summed E-state index contributed by atoms with van der Waals surface area (Å²) >= 11 is 0.690. The second kappa shape index (κ2) is 7.40. The molecule has 0 radical (unpaired) electrons. The van der Waals surface area contributed by atoms with E-state index in [9.17, 15) is 25.0 Å². The van der Waals surface area contributed by atoms with Crippen LogP contribution in [0.15, 0.2) is 12.1 Å². The zero-order chi connectivity index (χ0) is 17.7. The summed E-state index contributed by atoms with van der Waals surface area (Å²) in [5.41, 5.74) is -0.844. The van der Waals surface area contributed by atoms with Gasteiger partial charge in [0.25, 0.3) is 5.91 Å². The van der Waals surface area contributed by atoms with Crippen LogP contribution in [0.25, 0.3) is 0 Å². The first kappa shape index (κ1) is 17.9. The number of nitriles is 1. The van der Waals surface area contributed by atoms with E-state index in [4.69, 9.17) is 4.74 Å². The van der Waals surface area contributed by atoms with Crippen molar-refractivity contribution in [3.8, 4) is 6.07 Å². The molecule has 9 heteroatoms. The minimum atomic E-state index is -0.844. The number of esters is 1. The molecule has 0 atom stereocenters. The Balaban J connectivity index is 1.95. The number of hydrogen-bond acceptors (Lipinski definition) is 7. The maximum atomic E-state index is 12.2. The van der Waals surface area contributed by atoms with Crippen LogP contribution in [0.5, 0.6) is 0 Å². The van der Waals surface area contributed by atoms with Gasteiger partial charge in [0.1, 0.15) is 10.4 Å². The lowest BCUT2D eigenvalue weighted by molar-refractivity contribution is -0.380. The molecule has 2 rings (SSSR count). The predicted octanol–water partition coefficient (Wildman–Crippen LogP) is 2.50. The highest BCUT2D eigenvalue weighted by molar-refractivity contribution is 7.17. The van der Waals surface area contributed by atoms with E-state index in [1.54, 1.807) is 7.05 Å². The molecule has 1 aromatic rings. The third kappa shape index (κ3) is 3.71. The normalized spacial score (nSPS) is 16.0. The zero-order valence-electron chi connectivity index (χ0n) is 13.2. The standard InChI is InChI=1S/C15H17N3O5S/c1-17(15(10-16)7-3-2-4-8-15)12(19)9-23-14(20)11-5-6-13(24-11)18(21)22/h5-6H,2-4,7-9H2,1H3. The lowest BCUT2D eigenvalue weighted by Gasteiger charge is -2.38. The van der Waals surface area contributed by atoms with Crippen molar-refractivity contribution in [3.05, 3.63) is 27.1 Å². The number of nitrogens with zero attached hydrogens (tertiary/aromatic N) is 3. The van der Waals surface area contributed by atoms with Crippen LogP contribution >= 0.6 is 11.3 Å². The van der Waals surface area contributed by atoms with Crippen LogP contribution in [0, 0.1) is 21.4 Å². The smallest absolute Gasteiger partial charge is 0.349 e. The van der Waals surface area contributed by atoms with Gasteiger partial charge >= 0.3 is 11.0 Å². The quantitative estimate of drug-likeness (QED) is 0.457. The molecule has 1 aliphatic carbocycles. The predicted molar refractivity (Wildman–Crippen MR) is 85.5 cm³/mol. The lowest BCUT2D eigenvalue weighted by atomic mass is 9.81. The van der Waals surface area contributed by atoms with Gasteiger partial charge in [-0.1, -0.05) is 30.6 Å². The van der Waals surface area contributed by atoms with Gasteiger partial charge in [-0.3, -0.25) is 14.9 Å². The molecular weight excluding hydrogens is 334 g/mol. The molecule has 1 heterocycles. The lowest BCUT2D eigenvalue weighted by Crippen LogP contribution is -2.51. The molecule has 1 amide bonds. The van der Waals surface area contributed by atoms with Crippen molar-refractivity contribution < 1.29 is 19.2 Å². The largest absolute Gasteiger partial charge is 0.451 e. The Labute approximate surface area is 142 Å². The number of amides is 1. The summed E-state index contributed by atoms with van der Waals surface area (Å²) in [6.07, 6.45) is 4.01. The van der Waals surface area contributed by atoms with E-state index in [0.717, 1.165) is 19.3 Å². The van der Waals surface area contributed by atoms with E-state index in [-0.39, 0.29) is 9.88 Å². The number of thiophene rings is 1. The Morgan fingerprint density at radius 2 is 2.08 bits per heavy atom. The van der Waals surface area contributed by atoms with Crippen molar-refractivity contribution >= 4 is 28.2 Å². The Kier molecular flexibility index (Phi) is 5.51. The zero-order valence-corrected chi connectivity index (χ0v) is 14.0. The number of nitro groups is 1. The van der Waals surface area contributed by atoms with Gasteiger partial charge in [0.15, 0.2) is 6.61 Å². The first-order valence-electron chi connectivity index (χ1n) is 7.49. The fourth-order valence-electron chi connectivity index (χ4n) is 2.73. The molecule has 1 saturated carbocycles. The number of likely N-dealkylation sites (N-methyl/N-ethyl adjacent to an activating group) is 1. The molecule has 0 aliphatic heterocycles. The molecule has 0 N–H and O–H groups in total. The maximum Gasteiger partial charge on any atom is 0.349 e. The highest BCUT2D eigenvalue weighted by atomic mass is 32.1. The molecule has 24 heavy (non-hydrogen) atoms. The van der Waals surface area contributed by atoms with E-state index >= 15 is 0 Å². The molecule has 0 bridgehead atoms. The van der Waals surface area contributed by atoms with Crippen LogP contribution in [0.2, 0.25) is 0 Å². The molecule has 1 fully saturated rings. The van der Waals surface area contributed by atoms with Crippen LogP contribution < -0.4 is 0 Å². The van der Waals surface area contributed by atoms with Crippen molar-refractivity contribution in [1.82, 2.24) is 4.90 Å². The first-order valence-corrected chi connectivity index (χ1v) is 8.30. The van der Waals surface area contributed by atoms with Crippen molar-refractivity contribution in [1.29, 1.82) is 5.26 Å². The molecule has 1 aromatic heterocycles.